The Kier molecular flexibility index (Phi) is 4.92. The van der Waals surface area contributed by atoms with Crippen molar-refractivity contribution in [2.45, 2.75) is 31.6 Å². The number of aromatic nitrogens is 2. The van der Waals surface area contributed by atoms with E-state index < -0.39 is 6.10 Å². The molecule has 0 aromatic carbocycles. The summed E-state index contributed by atoms with van der Waals surface area (Å²) in [6.45, 7) is 2.35. The smallest absolute Gasteiger partial charge is 0.129 e. The summed E-state index contributed by atoms with van der Waals surface area (Å²) in [6.07, 6.45) is 7.38. The van der Waals surface area contributed by atoms with E-state index in [1.54, 1.807) is 6.26 Å². The lowest BCUT2D eigenvalue weighted by molar-refractivity contribution is 0.00308. The Morgan fingerprint density at radius 1 is 1.55 bits per heavy atom. The maximum Gasteiger partial charge on any atom is 0.129 e. The lowest BCUT2D eigenvalue weighted by Crippen LogP contribution is -2.34. The number of aliphatic hydroxyl groups excluding tert-OH is 1. The van der Waals surface area contributed by atoms with Gasteiger partial charge in [-0.25, -0.2) is 0 Å². The van der Waals surface area contributed by atoms with Crippen LogP contribution in [0.5, 0.6) is 0 Å². The highest BCUT2D eigenvalue weighted by Gasteiger charge is 2.28. The SMILES string of the molecule is Cn1cc([C@H]2CCCN2C[C@@H](O)COCc2ccco2)cn1. The van der Waals surface area contributed by atoms with Crippen molar-refractivity contribution in [3.8, 4) is 0 Å². The van der Waals surface area contributed by atoms with Gasteiger partial charge in [0, 0.05) is 31.4 Å². The predicted molar refractivity (Wildman–Crippen MR) is 81.1 cm³/mol. The standard InChI is InChI=1S/C16H23N3O3/c1-18-9-13(8-17-18)16-5-2-6-19(16)10-14(20)11-21-12-15-4-3-7-22-15/h3-4,7-9,14,16,20H,2,5-6,10-12H2,1H3/t14-,16-/m1/s1. The molecule has 0 amide bonds. The van der Waals surface area contributed by atoms with Crippen molar-refractivity contribution in [2.24, 2.45) is 7.05 Å². The predicted octanol–water partition coefficient (Wildman–Crippen LogP) is 1.73. The topological polar surface area (TPSA) is 63.7 Å². The minimum absolute atomic E-state index is 0.316. The van der Waals surface area contributed by atoms with E-state index in [-0.39, 0.29) is 0 Å². The maximum atomic E-state index is 10.2. The molecule has 1 aliphatic rings. The molecular formula is C16H23N3O3. The van der Waals surface area contributed by atoms with Crippen LogP contribution in [0.3, 0.4) is 0 Å². The van der Waals surface area contributed by atoms with E-state index in [9.17, 15) is 5.11 Å². The molecule has 120 valence electrons. The molecule has 1 N–H and O–H groups in total. The van der Waals surface area contributed by atoms with E-state index in [2.05, 4.69) is 16.2 Å². The Bertz CT molecular complexity index is 567. The molecule has 2 aromatic rings. The van der Waals surface area contributed by atoms with Gasteiger partial charge in [0.15, 0.2) is 0 Å². The van der Waals surface area contributed by atoms with Gasteiger partial charge < -0.3 is 14.3 Å². The summed E-state index contributed by atoms with van der Waals surface area (Å²) in [6, 6.07) is 4.05. The number of furan rings is 1. The summed E-state index contributed by atoms with van der Waals surface area (Å²) in [4.78, 5) is 2.32. The minimum atomic E-state index is -0.493. The molecule has 3 rings (SSSR count). The van der Waals surface area contributed by atoms with Gasteiger partial charge in [-0.2, -0.15) is 5.10 Å². The van der Waals surface area contributed by atoms with E-state index in [0.717, 1.165) is 25.1 Å². The first-order valence-electron chi connectivity index (χ1n) is 7.73. The third-order valence-corrected chi connectivity index (χ3v) is 4.05. The number of aliphatic hydroxyl groups is 1. The summed E-state index contributed by atoms with van der Waals surface area (Å²) in [5.74, 6) is 0.779. The molecule has 0 unspecified atom stereocenters. The first kappa shape index (κ1) is 15.3. The van der Waals surface area contributed by atoms with Gasteiger partial charge in [-0.1, -0.05) is 0 Å². The highest BCUT2D eigenvalue weighted by atomic mass is 16.5. The van der Waals surface area contributed by atoms with Crippen LogP contribution in [0.1, 0.15) is 30.2 Å². The lowest BCUT2D eigenvalue weighted by Gasteiger charge is -2.26. The summed E-state index contributed by atoms with van der Waals surface area (Å²) in [7, 11) is 1.93. The van der Waals surface area contributed by atoms with Crippen LogP contribution in [-0.4, -0.2) is 45.6 Å². The van der Waals surface area contributed by atoms with E-state index in [0.29, 0.717) is 25.8 Å². The fourth-order valence-corrected chi connectivity index (χ4v) is 3.05. The van der Waals surface area contributed by atoms with Gasteiger partial charge in [0.05, 0.1) is 25.2 Å². The monoisotopic (exact) mass is 305 g/mol. The molecule has 6 nitrogen and oxygen atoms in total. The van der Waals surface area contributed by atoms with E-state index in [4.69, 9.17) is 9.15 Å². The number of β-amino-alcohol motifs (C(OH)–C–C–N with tert-alkyl or cyclic N) is 1. The second-order valence-corrected chi connectivity index (χ2v) is 5.85. The molecule has 22 heavy (non-hydrogen) atoms. The molecule has 3 heterocycles. The summed E-state index contributed by atoms with van der Waals surface area (Å²) in [5.41, 5.74) is 1.23. The van der Waals surface area contributed by atoms with Crippen molar-refractivity contribution >= 4 is 0 Å². The molecule has 0 spiro atoms. The lowest BCUT2D eigenvalue weighted by atomic mass is 10.1. The summed E-state index contributed by atoms with van der Waals surface area (Å²) in [5, 5.41) is 14.4. The van der Waals surface area contributed by atoms with Crippen molar-refractivity contribution in [3.63, 3.8) is 0 Å². The largest absolute Gasteiger partial charge is 0.467 e. The zero-order valence-electron chi connectivity index (χ0n) is 12.9. The van der Waals surface area contributed by atoms with Crippen LogP contribution in [0, 0.1) is 0 Å². The molecular weight excluding hydrogens is 282 g/mol. The Balaban J connectivity index is 1.46. The van der Waals surface area contributed by atoms with Crippen molar-refractivity contribution in [2.75, 3.05) is 19.7 Å². The van der Waals surface area contributed by atoms with Gasteiger partial charge in [0.25, 0.3) is 0 Å². The van der Waals surface area contributed by atoms with Crippen LogP contribution in [0.15, 0.2) is 35.2 Å². The fourth-order valence-electron chi connectivity index (χ4n) is 3.05. The maximum absolute atomic E-state index is 10.2. The van der Waals surface area contributed by atoms with Crippen LogP contribution >= 0.6 is 0 Å². The molecule has 1 aliphatic heterocycles. The van der Waals surface area contributed by atoms with Gasteiger partial charge in [-0.05, 0) is 31.5 Å². The summed E-state index contributed by atoms with van der Waals surface area (Å²) >= 11 is 0. The number of ether oxygens (including phenoxy) is 1. The van der Waals surface area contributed by atoms with Crippen LogP contribution in [0.4, 0.5) is 0 Å². The molecule has 1 saturated heterocycles. The Hall–Kier alpha value is -1.63. The Morgan fingerprint density at radius 3 is 3.18 bits per heavy atom. The highest BCUT2D eigenvalue weighted by Crippen LogP contribution is 2.31. The van der Waals surface area contributed by atoms with Gasteiger partial charge in [-0.3, -0.25) is 9.58 Å². The van der Waals surface area contributed by atoms with Crippen molar-refractivity contribution < 1.29 is 14.3 Å². The molecule has 2 aromatic heterocycles. The molecule has 0 aliphatic carbocycles. The number of hydrogen-bond donors (Lipinski definition) is 1. The van der Waals surface area contributed by atoms with E-state index in [1.807, 2.05) is 30.1 Å². The second-order valence-electron chi connectivity index (χ2n) is 5.85. The third-order valence-electron chi connectivity index (χ3n) is 4.05. The number of rotatable bonds is 7. The molecule has 0 radical (unpaired) electrons. The normalized spacial score (nSPS) is 20.5. The number of hydrogen-bond acceptors (Lipinski definition) is 5. The van der Waals surface area contributed by atoms with Crippen LogP contribution < -0.4 is 0 Å². The van der Waals surface area contributed by atoms with E-state index in [1.165, 1.54) is 5.56 Å². The Morgan fingerprint density at radius 2 is 2.45 bits per heavy atom. The zero-order chi connectivity index (χ0) is 15.4. The first-order valence-corrected chi connectivity index (χ1v) is 7.73. The van der Waals surface area contributed by atoms with Crippen LogP contribution in [0.2, 0.25) is 0 Å². The fraction of sp³-hybridized carbons (Fsp3) is 0.562. The van der Waals surface area contributed by atoms with Crippen molar-refractivity contribution in [1.82, 2.24) is 14.7 Å². The number of nitrogens with zero attached hydrogens (tertiary/aromatic N) is 3. The molecule has 2 atom stereocenters. The van der Waals surface area contributed by atoms with Crippen molar-refractivity contribution in [1.29, 1.82) is 0 Å². The molecule has 6 heteroatoms. The van der Waals surface area contributed by atoms with Crippen LogP contribution in [-0.2, 0) is 18.4 Å². The quantitative estimate of drug-likeness (QED) is 0.844. The average molecular weight is 305 g/mol. The number of aryl methyl sites for hydroxylation is 1. The van der Waals surface area contributed by atoms with Crippen molar-refractivity contribution in [3.05, 3.63) is 42.1 Å². The van der Waals surface area contributed by atoms with Gasteiger partial charge in [-0.15, -0.1) is 0 Å². The molecule has 1 fully saturated rings. The second kappa shape index (κ2) is 7.09. The minimum Gasteiger partial charge on any atom is -0.467 e. The van der Waals surface area contributed by atoms with Gasteiger partial charge >= 0.3 is 0 Å². The van der Waals surface area contributed by atoms with Gasteiger partial charge in [0.2, 0.25) is 0 Å². The summed E-state index contributed by atoms with van der Waals surface area (Å²) < 4.78 is 12.5. The molecule has 0 bridgehead atoms. The van der Waals surface area contributed by atoms with Crippen LogP contribution in [0.25, 0.3) is 0 Å². The number of likely N-dealkylation sites (tertiary alicyclic amines) is 1. The highest BCUT2D eigenvalue weighted by molar-refractivity contribution is 5.12. The zero-order valence-corrected chi connectivity index (χ0v) is 12.9. The first-order chi connectivity index (χ1) is 10.7. The van der Waals surface area contributed by atoms with E-state index >= 15 is 0 Å². The third kappa shape index (κ3) is 3.76. The molecule has 0 saturated carbocycles. The average Bonchev–Trinajstić information content (AvgIpc) is 3.20. The van der Waals surface area contributed by atoms with Gasteiger partial charge in [0.1, 0.15) is 12.4 Å². The Labute approximate surface area is 130 Å².